The number of ether oxygens (including phenoxy) is 1. The Kier molecular flexibility index (Phi) is 5.23. The van der Waals surface area contributed by atoms with Crippen LogP contribution in [0.25, 0.3) is 0 Å². The first-order chi connectivity index (χ1) is 10.1. The smallest absolute Gasteiger partial charge is 0.256 e. The van der Waals surface area contributed by atoms with Gasteiger partial charge in [0, 0.05) is 18.8 Å². The van der Waals surface area contributed by atoms with Crippen molar-refractivity contribution in [1.29, 1.82) is 0 Å². The average molecular weight is 290 g/mol. The Labute approximate surface area is 127 Å². The van der Waals surface area contributed by atoms with Gasteiger partial charge in [0.05, 0.1) is 24.3 Å². The van der Waals surface area contributed by atoms with E-state index in [-0.39, 0.29) is 18.1 Å². The fraction of sp³-hybridized carbons (Fsp3) is 0.588. The summed E-state index contributed by atoms with van der Waals surface area (Å²) in [5.41, 5.74) is 2.79. The summed E-state index contributed by atoms with van der Waals surface area (Å²) in [4.78, 5) is 15.0. The number of rotatable bonds is 4. The Morgan fingerprint density at radius 2 is 2.19 bits per heavy atom. The molecule has 21 heavy (non-hydrogen) atoms. The van der Waals surface area contributed by atoms with Crippen molar-refractivity contribution in [1.82, 2.24) is 4.90 Å². The number of carbonyl (C=O) groups is 1. The van der Waals surface area contributed by atoms with Crippen molar-refractivity contribution in [2.45, 2.75) is 46.3 Å². The van der Waals surface area contributed by atoms with Gasteiger partial charge < -0.3 is 15.0 Å². The second-order valence-corrected chi connectivity index (χ2v) is 5.74. The second-order valence-electron chi connectivity index (χ2n) is 5.74. The summed E-state index contributed by atoms with van der Waals surface area (Å²) >= 11 is 0. The molecule has 0 spiro atoms. The molecule has 1 fully saturated rings. The molecule has 1 aliphatic heterocycles. The van der Waals surface area contributed by atoms with Crippen LogP contribution >= 0.6 is 0 Å². The molecule has 1 aromatic rings. The number of benzene rings is 1. The van der Waals surface area contributed by atoms with Crippen LogP contribution in [0, 0.1) is 6.92 Å². The summed E-state index contributed by atoms with van der Waals surface area (Å²) in [6.45, 7) is 10.3. The molecule has 1 saturated heterocycles. The maximum absolute atomic E-state index is 13.0. The van der Waals surface area contributed by atoms with Crippen LogP contribution in [0.3, 0.4) is 0 Å². The molecule has 4 nitrogen and oxygen atoms in total. The molecule has 1 amide bonds. The highest BCUT2D eigenvalue weighted by atomic mass is 16.5. The summed E-state index contributed by atoms with van der Waals surface area (Å²) in [6, 6.07) is 6.18. The molecule has 1 aliphatic rings. The predicted molar refractivity (Wildman–Crippen MR) is 85.9 cm³/mol. The van der Waals surface area contributed by atoms with E-state index in [2.05, 4.69) is 12.2 Å². The maximum Gasteiger partial charge on any atom is 0.256 e. The van der Waals surface area contributed by atoms with E-state index in [1.807, 2.05) is 43.9 Å². The SMILES string of the molecule is CCNc1ccc(C)cc1C(=O)N1CC(C)OCC1CC. The van der Waals surface area contributed by atoms with Crippen LogP contribution in [0.2, 0.25) is 0 Å². The Hall–Kier alpha value is -1.55. The lowest BCUT2D eigenvalue weighted by atomic mass is 10.0. The molecular formula is C17H26N2O2. The molecule has 1 N–H and O–H groups in total. The van der Waals surface area contributed by atoms with E-state index in [1.54, 1.807) is 0 Å². The van der Waals surface area contributed by atoms with Crippen LogP contribution in [0.15, 0.2) is 18.2 Å². The molecule has 0 aliphatic carbocycles. The van der Waals surface area contributed by atoms with Gasteiger partial charge in [-0.1, -0.05) is 18.6 Å². The van der Waals surface area contributed by atoms with Gasteiger partial charge >= 0.3 is 0 Å². The van der Waals surface area contributed by atoms with E-state index in [4.69, 9.17) is 4.74 Å². The third-order valence-electron chi connectivity index (χ3n) is 3.97. The molecule has 0 saturated carbocycles. The summed E-state index contributed by atoms with van der Waals surface area (Å²) in [5.74, 6) is 0.108. The first-order valence-corrected chi connectivity index (χ1v) is 7.83. The number of aryl methyl sites for hydroxylation is 1. The third-order valence-corrected chi connectivity index (χ3v) is 3.97. The number of hydrogen-bond acceptors (Lipinski definition) is 3. The minimum Gasteiger partial charge on any atom is -0.385 e. The molecule has 116 valence electrons. The molecule has 2 atom stereocenters. The van der Waals surface area contributed by atoms with Crippen molar-refractivity contribution in [3.05, 3.63) is 29.3 Å². The Morgan fingerprint density at radius 3 is 2.86 bits per heavy atom. The molecule has 2 rings (SSSR count). The largest absolute Gasteiger partial charge is 0.385 e. The van der Waals surface area contributed by atoms with Gasteiger partial charge in [-0.3, -0.25) is 4.79 Å². The van der Waals surface area contributed by atoms with Gasteiger partial charge in [0.15, 0.2) is 0 Å². The molecule has 0 radical (unpaired) electrons. The normalized spacial score (nSPS) is 22.2. The topological polar surface area (TPSA) is 41.6 Å². The van der Waals surface area contributed by atoms with Gasteiger partial charge in [-0.05, 0) is 39.3 Å². The van der Waals surface area contributed by atoms with E-state index >= 15 is 0 Å². The Morgan fingerprint density at radius 1 is 1.43 bits per heavy atom. The van der Waals surface area contributed by atoms with Gasteiger partial charge in [-0.25, -0.2) is 0 Å². The van der Waals surface area contributed by atoms with Crippen molar-refractivity contribution < 1.29 is 9.53 Å². The molecule has 1 aromatic carbocycles. The zero-order valence-electron chi connectivity index (χ0n) is 13.5. The first-order valence-electron chi connectivity index (χ1n) is 7.83. The summed E-state index contributed by atoms with van der Waals surface area (Å²) in [5, 5.41) is 3.29. The fourth-order valence-corrected chi connectivity index (χ4v) is 2.77. The number of nitrogens with zero attached hydrogens (tertiary/aromatic N) is 1. The number of nitrogens with one attached hydrogen (secondary N) is 1. The molecule has 0 bridgehead atoms. The lowest BCUT2D eigenvalue weighted by Gasteiger charge is -2.38. The summed E-state index contributed by atoms with van der Waals surface area (Å²) in [7, 11) is 0. The minimum absolute atomic E-state index is 0.101. The lowest BCUT2D eigenvalue weighted by Crippen LogP contribution is -2.51. The first kappa shape index (κ1) is 15.8. The van der Waals surface area contributed by atoms with Crippen molar-refractivity contribution >= 4 is 11.6 Å². The van der Waals surface area contributed by atoms with Crippen molar-refractivity contribution in [3.8, 4) is 0 Å². The van der Waals surface area contributed by atoms with Gasteiger partial charge in [-0.15, -0.1) is 0 Å². The minimum atomic E-state index is 0.101. The summed E-state index contributed by atoms with van der Waals surface area (Å²) < 4.78 is 5.69. The second kappa shape index (κ2) is 6.94. The van der Waals surface area contributed by atoms with Crippen LogP contribution in [0.4, 0.5) is 5.69 Å². The van der Waals surface area contributed by atoms with E-state index in [0.29, 0.717) is 13.2 Å². The monoisotopic (exact) mass is 290 g/mol. The van der Waals surface area contributed by atoms with Crippen LogP contribution in [0.5, 0.6) is 0 Å². The van der Waals surface area contributed by atoms with E-state index < -0.39 is 0 Å². The average Bonchev–Trinajstić information content (AvgIpc) is 2.48. The summed E-state index contributed by atoms with van der Waals surface area (Å²) in [6.07, 6.45) is 1.02. The zero-order valence-corrected chi connectivity index (χ0v) is 13.5. The van der Waals surface area contributed by atoms with Gasteiger partial charge in [0.25, 0.3) is 5.91 Å². The van der Waals surface area contributed by atoms with Crippen LogP contribution in [-0.4, -0.2) is 42.6 Å². The standard InChI is InChI=1S/C17H26N2O2/c1-5-14-11-21-13(4)10-19(14)17(20)15-9-12(3)7-8-16(15)18-6-2/h7-9,13-14,18H,5-6,10-11H2,1-4H3. The van der Waals surface area contributed by atoms with E-state index in [9.17, 15) is 4.79 Å². The van der Waals surface area contributed by atoms with Crippen molar-refractivity contribution in [2.75, 3.05) is 25.0 Å². The zero-order chi connectivity index (χ0) is 15.4. The maximum atomic E-state index is 13.0. The van der Waals surface area contributed by atoms with Crippen molar-refractivity contribution in [2.24, 2.45) is 0 Å². The Balaban J connectivity index is 2.31. The fourth-order valence-electron chi connectivity index (χ4n) is 2.77. The Bertz CT molecular complexity index is 502. The van der Waals surface area contributed by atoms with Crippen LogP contribution in [0.1, 0.15) is 43.1 Å². The third kappa shape index (κ3) is 3.56. The van der Waals surface area contributed by atoms with Crippen LogP contribution in [-0.2, 0) is 4.74 Å². The van der Waals surface area contributed by atoms with Gasteiger partial charge in [-0.2, -0.15) is 0 Å². The molecule has 1 heterocycles. The quantitative estimate of drug-likeness (QED) is 0.926. The van der Waals surface area contributed by atoms with Gasteiger partial charge in [0.1, 0.15) is 0 Å². The molecular weight excluding hydrogens is 264 g/mol. The molecule has 2 unspecified atom stereocenters. The highest BCUT2D eigenvalue weighted by Crippen LogP contribution is 2.23. The number of anilines is 1. The van der Waals surface area contributed by atoms with Crippen molar-refractivity contribution in [3.63, 3.8) is 0 Å². The number of morpholine rings is 1. The molecule has 0 aromatic heterocycles. The number of amides is 1. The number of carbonyl (C=O) groups excluding carboxylic acids is 1. The van der Waals surface area contributed by atoms with E-state index in [0.717, 1.165) is 29.8 Å². The highest BCUT2D eigenvalue weighted by Gasteiger charge is 2.31. The van der Waals surface area contributed by atoms with E-state index in [1.165, 1.54) is 0 Å². The van der Waals surface area contributed by atoms with Gasteiger partial charge in [0.2, 0.25) is 0 Å². The number of hydrogen-bond donors (Lipinski definition) is 1. The molecule has 4 heteroatoms. The predicted octanol–water partition coefficient (Wildman–Crippen LogP) is 3.07. The van der Waals surface area contributed by atoms with Crippen LogP contribution < -0.4 is 5.32 Å². The lowest BCUT2D eigenvalue weighted by molar-refractivity contribution is -0.0443. The highest BCUT2D eigenvalue weighted by molar-refractivity contribution is 6.00.